The molecule has 8 heteroatoms. The number of carbonyl (C=O) groups excluding carboxylic acids is 1. The molecular weight excluding hydrogens is 517 g/mol. The van der Waals surface area contributed by atoms with Crippen LogP contribution in [0.2, 0.25) is 0 Å². The molecule has 6 nitrogen and oxygen atoms in total. The molecule has 2 saturated carbocycles. The molecule has 1 amide bonds. The van der Waals surface area contributed by atoms with E-state index in [1.54, 1.807) is 0 Å². The van der Waals surface area contributed by atoms with Gasteiger partial charge in [0.25, 0.3) is 0 Å². The van der Waals surface area contributed by atoms with Crippen LogP contribution < -0.4 is 4.90 Å². The van der Waals surface area contributed by atoms with Crippen molar-refractivity contribution in [1.29, 1.82) is 0 Å². The maximum absolute atomic E-state index is 14.2. The fourth-order valence-corrected chi connectivity index (χ4v) is 7.84. The van der Waals surface area contributed by atoms with Gasteiger partial charge in [0.1, 0.15) is 4.88 Å². The second-order valence-corrected chi connectivity index (χ2v) is 16.3. The number of hydrogen-bond acceptors (Lipinski definition) is 5. The van der Waals surface area contributed by atoms with Crippen LogP contribution in [0.15, 0.2) is 6.07 Å². The number of nitrogens with zero attached hydrogens (tertiary/aromatic N) is 1. The maximum Gasteiger partial charge on any atom is 0.348 e. The number of anilines is 1. The number of rotatable bonds is 8. The molecule has 3 rings (SSSR count). The van der Waals surface area contributed by atoms with Crippen molar-refractivity contribution in [3.63, 3.8) is 0 Å². The van der Waals surface area contributed by atoms with Crippen LogP contribution in [0.5, 0.6) is 0 Å². The largest absolute Gasteiger partial charge is 0.477 e. The zero-order chi connectivity index (χ0) is 28.1. The fourth-order valence-electron chi connectivity index (χ4n) is 5.50. The molecule has 2 aliphatic carbocycles. The van der Waals surface area contributed by atoms with Gasteiger partial charge in [-0.3, -0.25) is 9.36 Å². The molecule has 38 heavy (non-hydrogen) atoms. The van der Waals surface area contributed by atoms with Gasteiger partial charge in [-0.15, -0.1) is 11.3 Å². The summed E-state index contributed by atoms with van der Waals surface area (Å²) in [7, 11) is -2.61. The van der Waals surface area contributed by atoms with E-state index < -0.39 is 13.3 Å². The summed E-state index contributed by atoms with van der Waals surface area (Å²) in [4.78, 5) is 29.2. The van der Waals surface area contributed by atoms with Crippen molar-refractivity contribution >= 4 is 36.3 Å². The van der Waals surface area contributed by atoms with E-state index in [0.717, 1.165) is 43.4 Å². The van der Waals surface area contributed by atoms with Gasteiger partial charge < -0.3 is 14.5 Å². The first-order chi connectivity index (χ1) is 17.9. The van der Waals surface area contributed by atoms with Crippen molar-refractivity contribution in [2.75, 3.05) is 17.2 Å². The summed E-state index contributed by atoms with van der Waals surface area (Å²) in [5.41, 5.74) is 0.273. The lowest BCUT2D eigenvalue weighted by molar-refractivity contribution is -0.123. The third-order valence-electron chi connectivity index (χ3n) is 7.88. The van der Waals surface area contributed by atoms with Crippen LogP contribution in [-0.2, 0) is 13.9 Å². The molecule has 1 aromatic rings. The SMILES string of the molecule is CCP(=O)(CC)OC1CCC(N(C(=O)[C@H]2CCCC(C)CC2)c2cc(C#CC(C)(C)C)sc2C(=O)O)CC1. The molecule has 1 N–H and O–H groups in total. The van der Waals surface area contributed by atoms with Crippen molar-refractivity contribution < 1.29 is 23.8 Å². The highest BCUT2D eigenvalue weighted by Gasteiger charge is 2.38. The highest BCUT2D eigenvalue weighted by Crippen LogP contribution is 2.49. The second kappa shape index (κ2) is 13.2. The third kappa shape index (κ3) is 8.20. The van der Waals surface area contributed by atoms with Crippen molar-refractivity contribution in [1.82, 2.24) is 0 Å². The standard InChI is InChI=1S/C30H46NO5PS/c1-7-37(35,8-2)36-24-16-14-23(15-17-24)31(28(32)22-11-9-10-21(3)12-13-22)26-20-25(18-19-30(4,5)6)38-27(26)29(33)34/h20-24H,7-17H2,1-6H3,(H,33,34)/t21?,22-,23?,24?/m0/s1. The van der Waals surface area contributed by atoms with Gasteiger partial charge in [-0.1, -0.05) is 45.5 Å². The van der Waals surface area contributed by atoms with Gasteiger partial charge >= 0.3 is 5.97 Å². The lowest BCUT2D eigenvalue weighted by Gasteiger charge is -2.39. The van der Waals surface area contributed by atoms with E-state index >= 15 is 0 Å². The Bertz CT molecular complexity index is 1080. The summed E-state index contributed by atoms with van der Waals surface area (Å²) in [6.07, 6.45) is 8.66. The first-order valence-corrected chi connectivity index (χ1v) is 17.2. The summed E-state index contributed by atoms with van der Waals surface area (Å²) in [6, 6.07) is 1.71. The Balaban J connectivity index is 1.94. The summed E-state index contributed by atoms with van der Waals surface area (Å²) in [6.45, 7) is 12.1. The molecule has 2 atom stereocenters. The molecule has 1 heterocycles. The number of carboxylic acid groups (broad SMARTS) is 1. The van der Waals surface area contributed by atoms with Crippen LogP contribution in [0.25, 0.3) is 0 Å². The van der Waals surface area contributed by atoms with E-state index in [1.807, 2.05) is 45.6 Å². The molecule has 212 valence electrons. The predicted molar refractivity (Wildman–Crippen MR) is 157 cm³/mol. The number of thiophene rings is 1. The van der Waals surface area contributed by atoms with Crippen molar-refractivity contribution in [2.45, 2.75) is 111 Å². The Morgan fingerprint density at radius 1 is 1.08 bits per heavy atom. The molecule has 0 aromatic carbocycles. The van der Waals surface area contributed by atoms with E-state index in [9.17, 15) is 19.3 Å². The normalized spacial score (nSPS) is 24.7. The smallest absolute Gasteiger partial charge is 0.348 e. The van der Waals surface area contributed by atoms with Crippen LogP contribution in [-0.4, -0.2) is 41.5 Å². The number of hydrogen-bond donors (Lipinski definition) is 1. The number of amides is 1. The van der Waals surface area contributed by atoms with Crippen molar-refractivity contribution in [3.8, 4) is 11.8 Å². The molecule has 0 spiro atoms. The minimum absolute atomic E-state index is 0.0480. The van der Waals surface area contributed by atoms with Crippen LogP contribution in [0.3, 0.4) is 0 Å². The average molecular weight is 564 g/mol. The van der Waals surface area contributed by atoms with Gasteiger partial charge in [-0.05, 0) is 77.7 Å². The second-order valence-electron chi connectivity index (χ2n) is 12.1. The average Bonchev–Trinajstić information content (AvgIpc) is 3.17. The van der Waals surface area contributed by atoms with Crippen molar-refractivity contribution in [2.24, 2.45) is 17.3 Å². The number of carbonyl (C=O) groups is 2. The Labute approximate surface area is 233 Å². The zero-order valence-corrected chi connectivity index (χ0v) is 25.8. The van der Waals surface area contributed by atoms with Crippen LogP contribution in [0, 0.1) is 29.1 Å². The summed E-state index contributed by atoms with van der Waals surface area (Å²) >= 11 is 1.15. The molecule has 2 aliphatic rings. The predicted octanol–water partition coefficient (Wildman–Crippen LogP) is 8.04. The molecule has 1 aromatic heterocycles. The topological polar surface area (TPSA) is 83.9 Å². The Morgan fingerprint density at radius 2 is 1.74 bits per heavy atom. The van der Waals surface area contributed by atoms with E-state index in [0.29, 0.717) is 54.5 Å². The fraction of sp³-hybridized carbons (Fsp3) is 0.733. The van der Waals surface area contributed by atoms with Gasteiger partial charge in [0, 0.05) is 29.7 Å². The minimum Gasteiger partial charge on any atom is -0.477 e. The molecular formula is C30H46NO5PS. The Kier molecular flexibility index (Phi) is 10.7. The summed E-state index contributed by atoms with van der Waals surface area (Å²) < 4.78 is 19.0. The maximum atomic E-state index is 14.2. The first kappa shape index (κ1) is 30.9. The van der Waals surface area contributed by atoms with Crippen LogP contribution in [0.1, 0.15) is 114 Å². The van der Waals surface area contributed by atoms with E-state index in [-0.39, 0.29) is 34.3 Å². The van der Waals surface area contributed by atoms with Gasteiger partial charge in [-0.2, -0.15) is 0 Å². The lowest BCUT2D eigenvalue weighted by Crippen LogP contribution is -2.46. The van der Waals surface area contributed by atoms with Gasteiger partial charge in [0.2, 0.25) is 13.3 Å². The minimum atomic E-state index is -2.61. The molecule has 0 radical (unpaired) electrons. The molecule has 0 bridgehead atoms. The molecule has 0 saturated heterocycles. The first-order valence-electron chi connectivity index (χ1n) is 14.4. The van der Waals surface area contributed by atoms with Gasteiger partial charge in [-0.25, -0.2) is 4.79 Å². The summed E-state index contributed by atoms with van der Waals surface area (Å²) in [5.74, 6) is 5.89. The van der Waals surface area contributed by atoms with E-state index in [1.165, 1.54) is 0 Å². The molecule has 1 unspecified atom stereocenters. The van der Waals surface area contributed by atoms with Gasteiger partial charge in [0.15, 0.2) is 0 Å². The zero-order valence-electron chi connectivity index (χ0n) is 24.0. The third-order valence-corrected chi connectivity index (χ3v) is 11.5. The number of aromatic carboxylic acids is 1. The molecule has 2 fully saturated rings. The number of carboxylic acids is 1. The molecule has 0 aliphatic heterocycles. The highest BCUT2D eigenvalue weighted by atomic mass is 32.1. The monoisotopic (exact) mass is 563 g/mol. The lowest BCUT2D eigenvalue weighted by atomic mass is 9.89. The Morgan fingerprint density at radius 3 is 2.32 bits per heavy atom. The summed E-state index contributed by atoms with van der Waals surface area (Å²) in [5, 5.41) is 10.1. The Hall–Kier alpha value is -1.61. The van der Waals surface area contributed by atoms with Gasteiger partial charge in [0.05, 0.1) is 16.7 Å². The van der Waals surface area contributed by atoms with Crippen LogP contribution in [0.4, 0.5) is 5.69 Å². The van der Waals surface area contributed by atoms with Crippen LogP contribution >= 0.6 is 18.7 Å². The highest BCUT2D eigenvalue weighted by molar-refractivity contribution is 7.58. The van der Waals surface area contributed by atoms with E-state index in [2.05, 4.69) is 18.8 Å². The van der Waals surface area contributed by atoms with E-state index in [4.69, 9.17) is 4.52 Å². The van der Waals surface area contributed by atoms with Crippen molar-refractivity contribution in [3.05, 3.63) is 15.8 Å². The quantitative estimate of drug-likeness (QED) is 0.197.